The minimum Gasteiger partial charge on any atom is -0.493 e. The lowest BCUT2D eigenvalue weighted by Gasteiger charge is -2.20. The van der Waals surface area contributed by atoms with Crippen molar-refractivity contribution in [3.8, 4) is 11.5 Å². The summed E-state index contributed by atoms with van der Waals surface area (Å²) in [6.07, 6.45) is 9.32. The number of aliphatic hydroxyl groups excluding tert-OH is 1. The van der Waals surface area contributed by atoms with Gasteiger partial charge in [0.1, 0.15) is 12.7 Å². The van der Waals surface area contributed by atoms with Crippen LogP contribution in [0.15, 0.2) is 55.2 Å². The van der Waals surface area contributed by atoms with Crippen LogP contribution in [0.5, 0.6) is 11.5 Å². The van der Waals surface area contributed by atoms with Crippen LogP contribution in [-0.4, -0.2) is 58.0 Å². The van der Waals surface area contributed by atoms with Gasteiger partial charge in [-0.05, 0) is 42.5 Å². The SMILES string of the molecule is CCc1c(Cn2ccnc2)cccc1Nc1c(C(N)=O)cnc2cc(OC)c(OCC(O)CNC3CC3)cc12. The smallest absolute Gasteiger partial charge is 0.252 e. The van der Waals surface area contributed by atoms with E-state index in [1.807, 2.05) is 22.9 Å². The van der Waals surface area contributed by atoms with E-state index < -0.39 is 12.0 Å². The van der Waals surface area contributed by atoms with E-state index >= 15 is 0 Å². The molecule has 204 valence electrons. The monoisotopic (exact) mass is 530 g/mol. The Hall–Kier alpha value is -4.15. The average molecular weight is 531 g/mol. The number of anilines is 2. The molecule has 1 saturated carbocycles. The quantitative estimate of drug-likeness (QED) is 0.207. The number of nitrogens with zero attached hydrogens (tertiary/aromatic N) is 3. The lowest BCUT2D eigenvalue weighted by molar-refractivity contribution is 0.100. The fraction of sp³-hybridized carbons (Fsp3) is 0.345. The minimum atomic E-state index is -0.677. The number of carbonyl (C=O) groups is 1. The van der Waals surface area contributed by atoms with E-state index in [4.69, 9.17) is 15.2 Å². The largest absolute Gasteiger partial charge is 0.493 e. The van der Waals surface area contributed by atoms with Gasteiger partial charge in [0.15, 0.2) is 11.5 Å². The number of rotatable bonds is 13. The van der Waals surface area contributed by atoms with Gasteiger partial charge < -0.3 is 35.5 Å². The van der Waals surface area contributed by atoms with Crippen LogP contribution in [0.4, 0.5) is 11.4 Å². The maximum Gasteiger partial charge on any atom is 0.252 e. The Balaban J connectivity index is 1.50. The summed E-state index contributed by atoms with van der Waals surface area (Å²) in [5, 5.41) is 17.8. The molecule has 1 amide bonds. The molecule has 0 radical (unpaired) electrons. The van der Waals surface area contributed by atoms with E-state index in [2.05, 4.69) is 33.6 Å². The molecule has 4 aromatic rings. The van der Waals surface area contributed by atoms with Gasteiger partial charge in [0.05, 0.1) is 30.2 Å². The van der Waals surface area contributed by atoms with Crippen LogP contribution >= 0.6 is 0 Å². The first kappa shape index (κ1) is 26.5. The normalized spacial score (nSPS) is 13.8. The molecule has 5 rings (SSSR count). The number of aliphatic hydroxyl groups is 1. The lowest BCUT2D eigenvalue weighted by Crippen LogP contribution is -2.32. The van der Waals surface area contributed by atoms with E-state index in [1.165, 1.54) is 6.20 Å². The number of ether oxygens (including phenoxy) is 2. The highest BCUT2D eigenvalue weighted by Gasteiger charge is 2.22. The van der Waals surface area contributed by atoms with E-state index in [1.54, 1.807) is 31.8 Å². The number of primary amides is 1. The van der Waals surface area contributed by atoms with Gasteiger partial charge >= 0.3 is 0 Å². The van der Waals surface area contributed by atoms with Gasteiger partial charge in [-0.15, -0.1) is 0 Å². The number of imidazole rings is 1. The number of benzene rings is 2. The molecule has 2 aromatic heterocycles. The zero-order valence-corrected chi connectivity index (χ0v) is 22.2. The van der Waals surface area contributed by atoms with Crippen molar-refractivity contribution in [2.24, 2.45) is 5.73 Å². The van der Waals surface area contributed by atoms with Crippen LogP contribution in [0.2, 0.25) is 0 Å². The molecule has 39 heavy (non-hydrogen) atoms. The maximum absolute atomic E-state index is 12.5. The van der Waals surface area contributed by atoms with Crippen LogP contribution in [0.25, 0.3) is 10.9 Å². The Kier molecular flexibility index (Phi) is 7.94. The van der Waals surface area contributed by atoms with Gasteiger partial charge in [0.25, 0.3) is 5.91 Å². The van der Waals surface area contributed by atoms with E-state index in [0.29, 0.717) is 47.2 Å². The molecule has 0 saturated heterocycles. The van der Waals surface area contributed by atoms with Gasteiger partial charge in [-0.2, -0.15) is 0 Å². The first-order valence-corrected chi connectivity index (χ1v) is 13.1. The summed E-state index contributed by atoms with van der Waals surface area (Å²) in [5.74, 6) is 0.317. The van der Waals surface area contributed by atoms with Gasteiger partial charge in [-0.3, -0.25) is 9.78 Å². The van der Waals surface area contributed by atoms with Gasteiger partial charge in [-0.1, -0.05) is 19.1 Å². The Morgan fingerprint density at radius 2 is 2.13 bits per heavy atom. The molecule has 2 aromatic carbocycles. The number of carbonyl (C=O) groups excluding carboxylic acids is 1. The lowest BCUT2D eigenvalue weighted by atomic mass is 10.0. The molecule has 1 atom stereocenters. The van der Waals surface area contributed by atoms with Crippen LogP contribution in [0, 0.1) is 0 Å². The predicted octanol–water partition coefficient (Wildman–Crippen LogP) is 3.38. The molecular weight excluding hydrogens is 496 g/mol. The highest BCUT2D eigenvalue weighted by Crippen LogP contribution is 2.38. The zero-order valence-electron chi connectivity index (χ0n) is 22.2. The molecule has 1 unspecified atom stereocenters. The van der Waals surface area contributed by atoms with Gasteiger partial charge in [0.2, 0.25) is 0 Å². The molecule has 0 aliphatic heterocycles. The van der Waals surface area contributed by atoms with Crippen LogP contribution in [0.3, 0.4) is 0 Å². The van der Waals surface area contributed by atoms with Crippen molar-refractivity contribution in [3.63, 3.8) is 0 Å². The molecular formula is C29H34N6O4. The van der Waals surface area contributed by atoms with E-state index in [-0.39, 0.29) is 12.2 Å². The Bertz CT molecular complexity index is 1450. The minimum absolute atomic E-state index is 0.0869. The van der Waals surface area contributed by atoms with Gasteiger partial charge in [-0.25, -0.2) is 4.98 Å². The topological polar surface area (TPSA) is 137 Å². The third-order valence-corrected chi connectivity index (χ3v) is 6.87. The molecule has 10 nitrogen and oxygen atoms in total. The number of nitrogens with one attached hydrogen (secondary N) is 2. The average Bonchev–Trinajstić information content (AvgIpc) is 3.63. The molecule has 0 bridgehead atoms. The number of hydrogen-bond acceptors (Lipinski definition) is 8. The Morgan fingerprint density at radius 3 is 2.82 bits per heavy atom. The number of fused-ring (bicyclic) bond motifs is 1. The van der Waals surface area contributed by atoms with Crippen molar-refractivity contribution >= 4 is 28.2 Å². The maximum atomic E-state index is 12.5. The highest BCUT2D eigenvalue weighted by molar-refractivity contribution is 6.08. The number of methoxy groups -OCH3 is 1. The van der Waals surface area contributed by atoms with Crippen molar-refractivity contribution in [1.29, 1.82) is 0 Å². The number of aromatic nitrogens is 3. The molecule has 1 aliphatic rings. The van der Waals surface area contributed by atoms with Crippen LogP contribution in [-0.2, 0) is 13.0 Å². The van der Waals surface area contributed by atoms with Crippen molar-refractivity contribution < 1.29 is 19.4 Å². The number of nitrogens with two attached hydrogens (primary N) is 1. The Morgan fingerprint density at radius 1 is 1.28 bits per heavy atom. The van der Waals surface area contributed by atoms with E-state index in [9.17, 15) is 9.90 Å². The van der Waals surface area contributed by atoms with Crippen LogP contribution < -0.4 is 25.8 Å². The van der Waals surface area contributed by atoms with Crippen molar-refractivity contribution in [2.75, 3.05) is 25.6 Å². The second-order valence-corrected chi connectivity index (χ2v) is 9.74. The third kappa shape index (κ3) is 6.13. The highest BCUT2D eigenvalue weighted by atomic mass is 16.5. The summed E-state index contributed by atoms with van der Waals surface area (Å²) < 4.78 is 13.5. The number of pyridine rings is 1. The predicted molar refractivity (Wildman–Crippen MR) is 150 cm³/mol. The number of hydrogen-bond donors (Lipinski definition) is 4. The van der Waals surface area contributed by atoms with Gasteiger partial charge in [0, 0.05) is 54.9 Å². The summed E-state index contributed by atoms with van der Waals surface area (Å²) in [5.41, 5.74) is 10.3. The summed E-state index contributed by atoms with van der Waals surface area (Å²) in [6, 6.07) is 10.1. The first-order chi connectivity index (χ1) is 19.0. The zero-order chi connectivity index (χ0) is 27.4. The fourth-order valence-corrected chi connectivity index (χ4v) is 4.66. The second kappa shape index (κ2) is 11.7. The third-order valence-electron chi connectivity index (χ3n) is 6.87. The summed E-state index contributed by atoms with van der Waals surface area (Å²) >= 11 is 0. The van der Waals surface area contributed by atoms with E-state index in [0.717, 1.165) is 36.1 Å². The second-order valence-electron chi connectivity index (χ2n) is 9.74. The summed E-state index contributed by atoms with van der Waals surface area (Å²) in [6.45, 7) is 3.31. The summed E-state index contributed by atoms with van der Waals surface area (Å²) in [4.78, 5) is 21.1. The standard InChI is InChI=1S/C29H34N6O4/c1-3-21-18(15-35-10-9-31-17-35)5-4-6-24(21)34-28-22-11-27(39-16-20(36)13-32-19-7-8-19)26(38-2)12-25(22)33-14-23(28)29(30)37/h4-6,9-12,14,17,19-20,32,36H,3,7-8,13,15-16H2,1-2H3,(H2,30,37)(H,33,34). The van der Waals surface area contributed by atoms with Crippen molar-refractivity contribution in [3.05, 3.63) is 71.9 Å². The molecule has 1 aliphatic carbocycles. The Labute approximate surface area is 227 Å². The molecule has 1 fully saturated rings. The molecule has 5 N–H and O–H groups in total. The molecule has 0 spiro atoms. The van der Waals surface area contributed by atoms with Crippen molar-refractivity contribution in [1.82, 2.24) is 19.9 Å². The fourth-order valence-electron chi connectivity index (χ4n) is 4.66. The first-order valence-electron chi connectivity index (χ1n) is 13.1. The van der Waals surface area contributed by atoms with Crippen molar-refractivity contribution in [2.45, 2.75) is 44.9 Å². The summed E-state index contributed by atoms with van der Waals surface area (Å²) in [7, 11) is 1.55. The molecule has 10 heteroatoms. The number of amides is 1. The molecule has 2 heterocycles. The van der Waals surface area contributed by atoms with Crippen LogP contribution in [0.1, 0.15) is 41.3 Å².